The van der Waals surface area contributed by atoms with Gasteiger partial charge in [-0.1, -0.05) is 24.3 Å². The van der Waals surface area contributed by atoms with Gasteiger partial charge in [-0.2, -0.15) is 0 Å². The molecule has 4 rings (SSSR count). The Morgan fingerprint density at radius 1 is 0.968 bits per heavy atom. The molecular weight excluding hydrogens is 392 g/mol. The van der Waals surface area contributed by atoms with E-state index < -0.39 is 0 Å². The smallest absolute Gasteiger partial charge is 0.278 e. The summed E-state index contributed by atoms with van der Waals surface area (Å²) in [4.78, 5) is 27.9. The average molecular weight is 416 g/mol. The molecule has 31 heavy (non-hydrogen) atoms. The Hall–Kier alpha value is -3.80. The molecule has 2 aromatic carbocycles. The van der Waals surface area contributed by atoms with Crippen molar-refractivity contribution in [1.29, 1.82) is 0 Å². The topological polar surface area (TPSA) is 71.8 Å². The monoisotopic (exact) mass is 416 g/mol. The summed E-state index contributed by atoms with van der Waals surface area (Å²) >= 11 is 0. The largest absolute Gasteiger partial charge is 0.494 e. The third kappa shape index (κ3) is 3.97. The van der Waals surface area contributed by atoms with Crippen LogP contribution in [0, 0.1) is 13.8 Å². The number of imide groups is 1. The van der Waals surface area contributed by atoms with Crippen molar-refractivity contribution in [2.24, 2.45) is 0 Å². The summed E-state index contributed by atoms with van der Waals surface area (Å²) in [6.07, 6.45) is 1.52. The van der Waals surface area contributed by atoms with E-state index in [1.54, 1.807) is 36.4 Å². The molecule has 1 N–H and O–H groups in total. The number of anilines is 1. The first-order chi connectivity index (χ1) is 15.0. The van der Waals surface area contributed by atoms with E-state index in [9.17, 15) is 9.59 Å². The summed E-state index contributed by atoms with van der Waals surface area (Å²) in [7, 11) is 0. The fourth-order valence-corrected chi connectivity index (χ4v) is 3.57. The number of amides is 2. The zero-order valence-electron chi connectivity index (χ0n) is 17.8. The lowest BCUT2D eigenvalue weighted by Crippen LogP contribution is -2.31. The fourth-order valence-electron chi connectivity index (χ4n) is 3.57. The normalized spacial score (nSPS) is 13.8. The van der Waals surface area contributed by atoms with Crippen LogP contribution in [0.15, 0.2) is 71.0 Å². The molecule has 1 aliphatic heterocycles. The molecule has 1 aromatic heterocycles. The van der Waals surface area contributed by atoms with Crippen molar-refractivity contribution in [2.45, 2.75) is 27.3 Å². The Kier molecular flexibility index (Phi) is 5.62. The molecule has 0 fully saturated rings. The Labute approximate surface area is 181 Å². The molecule has 6 heteroatoms. The summed E-state index contributed by atoms with van der Waals surface area (Å²) in [6.45, 7) is 6.52. The van der Waals surface area contributed by atoms with E-state index in [-0.39, 0.29) is 24.1 Å². The molecule has 1 aliphatic rings. The molecule has 2 amide bonds. The fraction of sp³-hybridized carbons (Fsp3) is 0.200. The summed E-state index contributed by atoms with van der Waals surface area (Å²) in [5.41, 5.74) is 4.15. The van der Waals surface area contributed by atoms with Crippen molar-refractivity contribution in [1.82, 2.24) is 4.90 Å². The standard InChI is InChI=1S/C25H24N2O4/c1-4-30-19-12-10-18(11-13-19)22-23(26-21-9-5-7-16(2)17(21)3)25(29)27(24(22)28)15-20-8-6-14-31-20/h5-14,26H,4,15H2,1-3H3. The minimum atomic E-state index is -0.383. The lowest BCUT2D eigenvalue weighted by atomic mass is 10.0. The van der Waals surface area contributed by atoms with Gasteiger partial charge in [-0.05, 0) is 67.8 Å². The van der Waals surface area contributed by atoms with E-state index >= 15 is 0 Å². The maximum atomic E-state index is 13.3. The summed E-state index contributed by atoms with van der Waals surface area (Å²) in [5, 5.41) is 3.23. The van der Waals surface area contributed by atoms with E-state index in [1.807, 2.05) is 39.0 Å². The van der Waals surface area contributed by atoms with Crippen molar-refractivity contribution in [2.75, 3.05) is 11.9 Å². The van der Waals surface area contributed by atoms with Crippen LogP contribution in [0.4, 0.5) is 5.69 Å². The molecule has 0 saturated carbocycles. The average Bonchev–Trinajstić information content (AvgIpc) is 3.35. The van der Waals surface area contributed by atoms with Gasteiger partial charge in [0.15, 0.2) is 0 Å². The van der Waals surface area contributed by atoms with Crippen LogP contribution in [-0.4, -0.2) is 23.3 Å². The number of nitrogens with one attached hydrogen (secondary N) is 1. The summed E-state index contributed by atoms with van der Waals surface area (Å²) in [5.74, 6) is 0.505. The van der Waals surface area contributed by atoms with E-state index in [4.69, 9.17) is 9.15 Å². The number of carbonyl (C=O) groups is 2. The molecule has 0 unspecified atom stereocenters. The highest BCUT2D eigenvalue weighted by molar-refractivity contribution is 6.36. The zero-order valence-corrected chi connectivity index (χ0v) is 17.8. The molecular formula is C25H24N2O4. The predicted molar refractivity (Wildman–Crippen MR) is 118 cm³/mol. The predicted octanol–water partition coefficient (Wildman–Crippen LogP) is 4.69. The third-order valence-corrected chi connectivity index (χ3v) is 5.38. The number of hydrogen-bond acceptors (Lipinski definition) is 5. The highest BCUT2D eigenvalue weighted by atomic mass is 16.5. The number of aryl methyl sites for hydroxylation is 1. The van der Waals surface area contributed by atoms with Gasteiger partial charge in [0.2, 0.25) is 0 Å². The molecule has 2 heterocycles. The van der Waals surface area contributed by atoms with Crippen molar-refractivity contribution in [3.63, 3.8) is 0 Å². The van der Waals surface area contributed by atoms with Crippen molar-refractivity contribution >= 4 is 23.1 Å². The zero-order chi connectivity index (χ0) is 22.0. The van der Waals surface area contributed by atoms with Gasteiger partial charge in [-0.25, -0.2) is 0 Å². The quantitative estimate of drug-likeness (QED) is 0.566. The number of rotatable bonds is 7. The molecule has 158 valence electrons. The second kappa shape index (κ2) is 8.52. The first-order valence-corrected chi connectivity index (χ1v) is 10.2. The van der Waals surface area contributed by atoms with Crippen molar-refractivity contribution in [3.05, 3.63) is 89.0 Å². The summed E-state index contributed by atoms with van der Waals surface area (Å²) in [6, 6.07) is 16.5. The lowest BCUT2D eigenvalue weighted by molar-refractivity contribution is -0.137. The number of hydrogen-bond donors (Lipinski definition) is 1. The maximum absolute atomic E-state index is 13.3. The van der Waals surface area contributed by atoms with Crippen LogP contribution in [0.25, 0.3) is 5.57 Å². The number of carbonyl (C=O) groups excluding carboxylic acids is 2. The molecule has 0 atom stereocenters. The van der Waals surface area contributed by atoms with Crippen LogP contribution in [0.5, 0.6) is 5.75 Å². The van der Waals surface area contributed by atoms with Gasteiger partial charge in [0.1, 0.15) is 17.2 Å². The van der Waals surface area contributed by atoms with Crippen LogP contribution >= 0.6 is 0 Å². The minimum absolute atomic E-state index is 0.0726. The first-order valence-electron chi connectivity index (χ1n) is 10.2. The highest BCUT2D eigenvalue weighted by Gasteiger charge is 2.39. The third-order valence-electron chi connectivity index (χ3n) is 5.38. The Balaban J connectivity index is 1.76. The summed E-state index contributed by atoms with van der Waals surface area (Å²) < 4.78 is 10.9. The number of ether oxygens (including phenoxy) is 1. The van der Waals surface area contributed by atoms with Crippen LogP contribution in [0.3, 0.4) is 0 Å². The molecule has 0 bridgehead atoms. The minimum Gasteiger partial charge on any atom is -0.494 e. The van der Waals surface area contributed by atoms with E-state index in [1.165, 1.54) is 11.2 Å². The number of nitrogens with zero attached hydrogens (tertiary/aromatic N) is 1. The molecule has 0 saturated heterocycles. The lowest BCUT2D eigenvalue weighted by Gasteiger charge is -2.15. The number of benzene rings is 2. The van der Waals surface area contributed by atoms with Gasteiger partial charge in [0, 0.05) is 5.69 Å². The van der Waals surface area contributed by atoms with E-state index in [0.717, 1.165) is 16.8 Å². The second-order valence-corrected chi connectivity index (χ2v) is 7.36. The second-order valence-electron chi connectivity index (χ2n) is 7.36. The van der Waals surface area contributed by atoms with Crippen LogP contribution < -0.4 is 10.1 Å². The van der Waals surface area contributed by atoms with Gasteiger partial charge in [-0.3, -0.25) is 14.5 Å². The molecule has 0 radical (unpaired) electrons. The molecule has 3 aromatic rings. The molecule has 0 aliphatic carbocycles. The van der Waals surface area contributed by atoms with Gasteiger partial charge in [-0.15, -0.1) is 0 Å². The van der Waals surface area contributed by atoms with Gasteiger partial charge in [0.05, 0.1) is 25.0 Å². The van der Waals surface area contributed by atoms with E-state index in [0.29, 0.717) is 29.3 Å². The SMILES string of the molecule is CCOc1ccc(C2=C(Nc3cccc(C)c3C)C(=O)N(Cc3ccco3)C2=O)cc1. The Morgan fingerprint density at radius 3 is 2.42 bits per heavy atom. The molecule has 6 nitrogen and oxygen atoms in total. The van der Waals surface area contributed by atoms with Crippen LogP contribution in [-0.2, 0) is 16.1 Å². The van der Waals surface area contributed by atoms with Gasteiger partial charge >= 0.3 is 0 Å². The number of furan rings is 1. The first kappa shape index (κ1) is 20.5. The Bertz CT molecular complexity index is 1140. The van der Waals surface area contributed by atoms with Gasteiger partial charge in [0.25, 0.3) is 11.8 Å². The molecule has 0 spiro atoms. The van der Waals surface area contributed by atoms with Crippen molar-refractivity contribution in [3.8, 4) is 5.75 Å². The Morgan fingerprint density at radius 2 is 1.74 bits per heavy atom. The maximum Gasteiger partial charge on any atom is 0.278 e. The van der Waals surface area contributed by atoms with E-state index in [2.05, 4.69) is 5.32 Å². The van der Waals surface area contributed by atoms with Crippen molar-refractivity contribution < 1.29 is 18.7 Å². The van der Waals surface area contributed by atoms with Crippen LogP contribution in [0.1, 0.15) is 29.4 Å². The van der Waals surface area contributed by atoms with Crippen LogP contribution in [0.2, 0.25) is 0 Å². The van der Waals surface area contributed by atoms with Gasteiger partial charge < -0.3 is 14.5 Å². The highest BCUT2D eigenvalue weighted by Crippen LogP contribution is 2.33.